The van der Waals surface area contributed by atoms with Gasteiger partial charge in [-0.15, -0.1) is 0 Å². The van der Waals surface area contributed by atoms with Crippen molar-refractivity contribution in [3.63, 3.8) is 0 Å². The Labute approximate surface area is 80.6 Å². The molecule has 1 atom stereocenters. The number of hydrogen-bond donors (Lipinski definition) is 2. The molecule has 72 valence electrons. The van der Waals surface area contributed by atoms with Crippen molar-refractivity contribution in [3.05, 3.63) is 28.5 Å². The van der Waals surface area contributed by atoms with Crippen LogP contribution in [0.2, 0.25) is 5.02 Å². The van der Waals surface area contributed by atoms with Crippen LogP contribution < -0.4 is 0 Å². The molecule has 2 N–H and O–H groups in total. The average Bonchev–Trinajstić information content (AvgIpc) is 2.12. The van der Waals surface area contributed by atoms with Gasteiger partial charge in [0, 0.05) is 18.1 Å². The lowest BCUT2D eigenvalue weighted by atomic mass is 10.0. The number of phenols is 1. The van der Waals surface area contributed by atoms with Crippen LogP contribution >= 0.6 is 11.6 Å². The molecule has 13 heavy (non-hydrogen) atoms. The van der Waals surface area contributed by atoms with Gasteiger partial charge in [0.05, 0.1) is 5.02 Å². The first kappa shape index (κ1) is 10.3. The summed E-state index contributed by atoms with van der Waals surface area (Å²) in [6.45, 7) is 1.37. The second-order valence-electron chi connectivity index (χ2n) is 2.88. The molecule has 0 saturated carbocycles. The van der Waals surface area contributed by atoms with Gasteiger partial charge in [-0.1, -0.05) is 18.5 Å². The van der Waals surface area contributed by atoms with Crippen LogP contribution in [-0.4, -0.2) is 16.8 Å². The minimum absolute atomic E-state index is 0.0648. The van der Waals surface area contributed by atoms with E-state index < -0.39 is 11.7 Å². The van der Waals surface area contributed by atoms with Crippen molar-refractivity contribution in [1.82, 2.24) is 0 Å². The van der Waals surface area contributed by atoms with Crippen LogP contribution in [-0.2, 0) is 0 Å². The number of rotatable bonds is 2. The largest absolute Gasteiger partial charge is 0.506 e. The van der Waals surface area contributed by atoms with Gasteiger partial charge in [0.1, 0.15) is 11.6 Å². The van der Waals surface area contributed by atoms with Gasteiger partial charge < -0.3 is 10.2 Å². The van der Waals surface area contributed by atoms with Crippen LogP contribution in [0.25, 0.3) is 0 Å². The number of aromatic hydroxyl groups is 1. The second kappa shape index (κ2) is 3.94. The van der Waals surface area contributed by atoms with E-state index in [9.17, 15) is 9.50 Å². The topological polar surface area (TPSA) is 40.5 Å². The van der Waals surface area contributed by atoms with Gasteiger partial charge in [0.15, 0.2) is 0 Å². The molecule has 0 heterocycles. The molecule has 0 bridgehead atoms. The molecule has 0 aliphatic carbocycles. The average molecular weight is 205 g/mol. The van der Waals surface area contributed by atoms with E-state index in [1.807, 2.05) is 0 Å². The van der Waals surface area contributed by atoms with Crippen molar-refractivity contribution in [2.75, 3.05) is 6.61 Å². The number of benzene rings is 1. The Bertz CT molecular complexity index is 315. The third-order valence-corrected chi connectivity index (χ3v) is 2.19. The van der Waals surface area contributed by atoms with Gasteiger partial charge in [-0.05, 0) is 12.1 Å². The zero-order valence-corrected chi connectivity index (χ0v) is 7.85. The zero-order valence-electron chi connectivity index (χ0n) is 7.09. The van der Waals surface area contributed by atoms with Crippen molar-refractivity contribution in [1.29, 1.82) is 0 Å². The summed E-state index contributed by atoms with van der Waals surface area (Å²) in [5.74, 6) is -1.30. The molecular formula is C9H10ClFO2. The molecule has 0 saturated heterocycles. The highest BCUT2D eigenvalue weighted by Gasteiger charge is 2.16. The molecule has 0 fully saturated rings. The molecule has 1 rings (SSSR count). The Morgan fingerprint density at radius 2 is 2.15 bits per heavy atom. The summed E-state index contributed by atoms with van der Waals surface area (Å²) in [7, 11) is 0. The lowest BCUT2D eigenvalue weighted by molar-refractivity contribution is 0.267. The van der Waals surface area contributed by atoms with Crippen molar-refractivity contribution in [2.24, 2.45) is 0 Å². The minimum atomic E-state index is -0.552. The number of aliphatic hydroxyl groups is 1. The first-order valence-electron chi connectivity index (χ1n) is 3.85. The molecule has 0 aliphatic rings. The maximum Gasteiger partial charge on any atom is 0.140 e. The third-order valence-electron chi connectivity index (χ3n) is 1.88. The number of halogens is 2. The molecule has 4 heteroatoms. The molecule has 0 aromatic heterocycles. The summed E-state index contributed by atoms with van der Waals surface area (Å²) in [6.07, 6.45) is 0. The van der Waals surface area contributed by atoms with Gasteiger partial charge in [-0.3, -0.25) is 0 Å². The van der Waals surface area contributed by atoms with Crippen molar-refractivity contribution >= 4 is 11.6 Å². The SMILES string of the molecule is CC(CO)c1c(F)ccc(Cl)c1O. The van der Waals surface area contributed by atoms with Gasteiger partial charge >= 0.3 is 0 Å². The molecule has 1 aromatic rings. The summed E-state index contributed by atoms with van der Waals surface area (Å²) in [4.78, 5) is 0. The van der Waals surface area contributed by atoms with E-state index in [4.69, 9.17) is 16.7 Å². The third kappa shape index (κ3) is 1.92. The standard InChI is InChI=1S/C9H10ClFO2/c1-5(4-12)8-7(11)3-2-6(10)9(8)13/h2-3,5,12-13H,4H2,1H3. The highest BCUT2D eigenvalue weighted by molar-refractivity contribution is 6.32. The van der Waals surface area contributed by atoms with E-state index in [1.165, 1.54) is 12.1 Å². The zero-order chi connectivity index (χ0) is 10.0. The Morgan fingerprint density at radius 1 is 1.54 bits per heavy atom. The normalized spacial score (nSPS) is 12.9. The van der Waals surface area contributed by atoms with E-state index in [1.54, 1.807) is 6.92 Å². The number of phenolic OH excluding ortho intramolecular Hbond substituents is 1. The van der Waals surface area contributed by atoms with Gasteiger partial charge in [0.2, 0.25) is 0 Å². The van der Waals surface area contributed by atoms with Crippen LogP contribution in [0.15, 0.2) is 12.1 Å². The summed E-state index contributed by atoms with van der Waals surface area (Å²) < 4.78 is 13.1. The molecule has 0 amide bonds. The van der Waals surface area contributed by atoms with Gasteiger partial charge in [-0.25, -0.2) is 4.39 Å². The van der Waals surface area contributed by atoms with E-state index >= 15 is 0 Å². The molecular weight excluding hydrogens is 195 g/mol. The molecule has 2 nitrogen and oxygen atoms in total. The van der Waals surface area contributed by atoms with Crippen LogP contribution in [0.4, 0.5) is 4.39 Å². The van der Waals surface area contributed by atoms with E-state index in [0.717, 1.165) is 0 Å². The van der Waals surface area contributed by atoms with Crippen molar-refractivity contribution in [2.45, 2.75) is 12.8 Å². The fourth-order valence-electron chi connectivity index (χ4n) is 1.12. The molecule has 0 radical (unpaired) electrons. The highest BCUT2D eigenvalue weighted by atomic mass is 35.5. The summed E-state index contributed by atoms with van der Waals surface area (Å²) in [5, 5.41) is 18.3. The Balaban J connectivity index is 3.25. The molecule has 0 aliphatic heterocycles. The maximum absolute atomic E-state index is 13.1. The van der Waals surface area contributed by atoms with Gasteiger partial charge in [0.25, 0.3) is 0 Å². The summed E-state index contributed by atoms with van der Waals surface area (Å²) in [5.41, 5.74) is 0.0648. The van der Waals surface area contributed by atoms with E-state index in [2.05, 4.69) is 0 Å². The Morgan fingerprint density at radius 3 is 2.69 bits per heavy atom. The lowest BCUT2D eigenvalue weighted by Crippen LogP contribution is -2.02. The highest BCUT2D eigenvalue weighted by Crippen LogP contribution is 2.34. The number of aliphatic hydroxyl groups excluding tert-OH is 1. The quantitative estimate of drug-likeness (QED) is 0.776. The minimum Gasteiger partial charge on any atom is -0.506 e. The number of hydrogen-bond acceptors (Lipinski definition) is 2. The van der Waals surface area contributed by atoms with Crippen LogP contribution in [0.1, 0.15) is 18.4 Å². The Hall–Kier alpha value is -0.800. The fourth-order valence-corrected chi connectivity index (χ4v) is 1.28. The van der Waals surface area contributed by atoms with Crippen molar-refractivity contribution in [3.8, 4) is 5.75 Å². The second-order valence-corrected chi connectivity index (χ2v) is 3.28. The molecule has 0 spiro atoms. The fraction of sp³-hybridized carbons (Fsp3) is 0.333. The first-order valence-corrected chi connectivity index (χ1v) is 4.23. The first-order chi connectivity index (χ1) is 6.07. The lowest BCUT2D eigenvalue weighted by Gasteiger charge is -2.12. The molecule has 1 unspecified atom stereocenters. The van der Waals surface area contributed by atoms with Crippen LogP contribution in [0.5, 0.6) is 5.75 Å². The predicted molar refractivity (Wildman–Crippen MR) is 48.6 cm³/mol. The summed E-state index contributed by atoms with van der Waals surface area (Å²) >= 11 is 5.59. The monoisotopic (exact) mass is 204 g/mol. The van der Waals surface area contributed by atoms with E-state index in [0.29, 0.717) is 0 Å². The van der Waals surface area contributed by atoms with Crippen molar-refractivity contribution < 1.29 is 14.6 Å². The van der Waals surface area contributed by atoms with Crippen LogP contribution in [0, 0.1) is 5.82 Å². The van der Waals surface area contributed by atoms with E-state index in [-0.39, 0.29) is 22.9 Å². The van der Waals surface area contributed by atoms with Crippen LogP contribution in [0.3, 0.4) is 0 Å². The Kier molecular flexibility index (Phi) is 3.12. The smallest absolute Gasteiger partial charge is 0.140 e. The summed E-state index contributed by atoms with van der Waals surface area (Å²) in [6, 6.07) is 2.45. The molecule has 1 aromatic carbocycles. The predicted octanol–water partition coefficient (Wildman–Crippen LogP) is 2.28. The van der Waals surface area contributed by atoms with Gasteiger partial charge in [-0.2, -0.15) is 0 Å². The maximum atomic E-state index is 13.1.